The van der Waals surface area contributed by atoms with Gasteiger partial charge in [-0.15, -0.1) is 0 Å². The van der Waals surface area contributed by atoms with Crippen molar-refractivity contribution >= 4 is 17.2 Å². The fraction of sp³-hybridized carbons (Fsp3) is 0.500. The van der Waals surface area contributed by atoms with Gasteiger partial charge in [-0.1, -0.05) is 36.5 Å². The van der Waals surface area contributed by atoms with E-state index in [1.165, 1.54) is 30.4 Å². The number of hydrogen-bond acceptors (Lipinski definition) is 1. The fourth-order valence-corrected chi connectivity index (χ4v) is 2.56. The van der Waals surface area contributed by atoms with Gasteiger partial charge in [0, 0.05) is 19.5 Å². The maximum Gasteiger partial charge on any atom is 0.0823 e. The molecule has 1 fully saturated rings. The van der Waals surface area contributed by atoms with Gasteiger partial charge in [0.2, 0.25) is 0 Å². The minimum Gasteiger partial charge on any atom is -0.366 e. The summed E-state index contributed by atoms with van der Waals surface area (Å²) >= 11 is 5.54. The maximum atomic E-state index is 5.54. The summed E-state index contributed by atoms with van der Waals surface area (Å²) < 4.78 is 0. The second-order valence-electron chi connectivity index (χ2n) is 4.54. The minimum absolute atomic E-state index is 0.933. The van der Waals surface area contributed by atoms with Gasteiger partial charge in [-0.25, -0.2) is 0 Å². The zero-order valence-corrected chi connectivity index (χ0v) is 10.7. The van der Waals surface area contributed by atoms with E-state index in [1.54, 1.807) is 0 Å². The first-order valence-corrected chi connectivity index (χ1v) is 6.50. The van der Waals surface area contributed by atoms with Crippen LogP contribution in [0.3, 0.4) is 0 Å². The molecule has 1 heterocycles. The van der Waals surface area contributed by atoms with Gasteiger partial charge in [0.15, 0.2) is 0 Å². The van der Waals surface area contributed by atoms with E-state index in [0.717, 1.165) is 24.5 Å². The summed E-state index contributed by atoms with van der Waals surface area (Å²) in [5.74, 6) is 0. The lowest BCUT2D eigenvalue weighted by molar-refractivity contribution is 0.343. The molecule has 0 N–H and O–H groups in total. The predicted octanol–water partition coefficient (Wildman–Crippen LogP) is 3.35. The topological polar surface area (TPSA) is 3.24 Å². The third-order valence-corrected chi connectivity index (χ3v) is 3.71. The second kappa shape index (κ2) is 5.44. The molecule has 0 saturated carbocycles. The van der Waals surface area contributed by atoms with Crippen LogP contribution in [0, 0.1) is 6.92 Å². The average molecular weight is 233 g/mol. The second-order valence-corrected chi connectivity index (χ2v) is 5.02. The van der Waals surface area contributed by atoms with Crippen LogP contribution in [-0.4, -0.2) is 23.0 Å². The molecule has 2 heteroatoms. The van der Waals surface area contributed by atoms with E-state index in [9.17, 15) is 0 Å². The summed E-state index contributed by atoms with van der Waals surface area (Å²) in [5, 5.41) is 0. The lowest BCUT2D eigenvalue weighted by atomic mass is 10.0. The smallest absolute Gasteiger partial charge is 0.0823 e. The number of nitrogens with zero attached hydrogens (tertiary/aromatic N) is 1. The van der Waals surface area contributed by atoms with Crippen molar-refractivity contribution in [1.29, 1.82) is 0 Å². The Hall–Kier alpha value is -0.890. The Kier molecular flexibility index (Phi) is 3.94. The Morgan fingerprint density at radius 1 is 1.19 bits per heavy atom. The van der Waals surface area contributed by atoms with E-state index in [1.807, 2.05) is 0 Å². The summed E-state index contributed by atoms with van der Waals surface area (Å²) in [5.41, 5.74) is 2.72. The van der Waals surface area contributed by atoms with Gasteiger partial charge in [-0.2, -0.15) is 0 Å². The quantitative estimate of drug-likeness (QED) is 0.721. The Morgan fingerprint density at radius 2 is 1.88 bits per heavy atom. The Labute approximate surface area is 103 Å². The van der Waals surface area contributed by atoms with Crippen molar-refractivity contribution < 1.29 is 0 Å². The first-order valence-electron chi connectivity index (χ1n) is 6.09. The first kappa shape index (κ1) is 11.6. The van der Waals surface area contributed by atoms with E-state index in [2.05, 4.69) is 36.1 Å². The molecule has 0 aliphatic carbocycles. The summed E-state index contributed by atoms with van der Waals surface area (Å²) in [6.45, 7) is 4.48. The molecule has 0 amide bonds. The largest absolute Gasteiger partial charge is 0.366 e. The van der Waals surface area contributed by atoms with Crippen LogP contribution in [0.2, 0.25) is 0 Å². The van der Waals surface area contributed by atoms with Gasteiger partial charge in [0.25, 0.3) is 0 Å². The van der Waals surface area contributed by atoms with Crippen LogP contribution < -0.4 is 0 Å². The van der Waals surface area contributed by atoms with Crippen molar-refractivity contribution in [3.05, 3.63) is 35.4 Å². The maximum absolute atomic E-state index is 5.54. The molecule has 1 saturated heterocycles. The van der Waals surface area contributed by atoms with Crippen LogP contribution >= 0.6 is 12.2 Å². The van der Waals surface area contributed by atoms with Crippen molar-refractivity contribution in [2.45, 2.75) is 32.6 Å². The fourth-order valence-electron chi connectivity index (χ4n) is 2.23. The molecule has 16 heavy (non-hydrogen) atoms. The Balaban J connectivity index is 1.99. The molecule has 0 radical (unpaired) electrons. The van der Waals surface area contributed by atoms with Crippen LogP contribution in [0.25, 0.3) is 0 Å². The number of benzene rings is 1. The van der Waals surface area contributed by atoms with Crippen molar-refractivity contribution in [2.24, 2.45) is 0 Å². The number of hydrogen-bond donors (Lipinski definition) is 0. The number of thiocarbonyl (C=S) groups is 1. The van der Waals surface area contributed by atoms with E-state index in [4.69, 9.17) is 12.2 Å². The normalized spacial score (nSPS) is 16.2. The lowest BCUT2D eigenvalue weighted by Gasteiger charge is -2.29. The molecule has 0 aromatic heterocycles. The highest BCUT2D eigenvalue weighted by atomic mass is 32.1. The van der Waals surface area contributed by atoms with Crippen LogP contribution in [-0.2, 0) is 6.42 Å². The van der Waals surface area contributed by atoms with E-state index >= 15 is 0 Å². The third-order valence-electron chi connectivity index (χ3n) is 3.31. The van der Waals surface area contributed by atoms with Crippen LogP contribution in [0.15, 0.2) is 24.3 Å². The number of aryl methyl sites for hydroxylation is 1. The summed E-state index contributed by atoms with van der Waals surface area (Å²) in [4.78, 5) is 3.50. The van der Waals surface area contributed by atoms with E-state index in [0.29, 0.717) is 0 Å². The SMILES string of the molecule is Cc1ccccc1CC(=S)N1CCCCC1. The van der Waals surface area contributed by atoms with Crippen LogP contribution in [0.4, 0.5) is 0 Å². The third kappa shape index (κ3) is 2.82. The summed E-state index contributed by atoms with van der Waals surface area (Å²) in [6.07, 6.45) is 4.90. The number of piperidine rings is 1. The van der Waals surface area contributed by atoms with Crippen LogP contribution in [0.5, 0.6) is 0 Å². The molecule has 0 spiro atoms. The molecule has 1 aromatic rings. The van der Waals surface area contributed by atoms with Gasteiger partial charge < -0.3 is 4.90 Å². The Bertz CT molecular complexity index is 367. The van der Waals surface area contributed by atoms with Crippen molar-refractivity contribution in [1.82, 2.24) is 4.90 Å². The molecule has 0 bridgehead atoms. The Morgan fingerprint density at radius 3 is 2.56 bits per heavy atom. The molecule has 1 aromatic carbocycles. The van der Waals surface area contributed by atoms with Gasteiger partial charge >= 0.3 is 0 Å². The van der Waals surface area contributed by atoms with Crippen molar-refractivity contribution in [3.63, 3.8) is 0 Å². The van der Waals surface area contributed by atoms with Gasteiger partial charge in [-0.05, 0) is 37.3 Å². The molecular formula is C14H19NS. The molecule has 1 nitrogen and oxygen atoms in total. The molecule has 1 aliphatic heterocycles. The standard InChI is InChI=1S/C14H19NS/c1-12-7-3-4-8-13(12)11-14(16)15-9-5-2-6-10-15/h3-4,7-8H,2,5-6,9-11H2,1H3. The van der Waals surface area contributed by atoms with E-state index < -0.39 is 0 Å². The van der Waals surface area contributed by atoms with Crippen molar-refractivity contribution in [2.75, 3.05) is 13.1 Å². The van der Waals surface area contributed by atoms with Gasteiger partial charge in [0.05, 0.1) is 4.99 Å². The first-order chi connectivity index (χ1) is 7.77. The van der Waals surface area contributed by atoms with Crippen molar-refractivity contribution in [3.8, 4) is 0 Å². The highest BCUT2D eigenvalue weighted by Crippen LogP contribution is 2.14. The summed E-state index contributed by atoms with van der Waals surface area (Å²) in [7, 11) is 0. The molecule has 2 rings (SSSR count). The molecule has 86 valence electrons. The molecule has 0 atom stereocenters. The number of likely N-dealkylation sites (tertiary alicyclic amines) is 1. The monoisotopic (exact) mass is 233 g/mol. The molecular weight excluding hydrogens is 214 g/mol. The predicted molar refractivity (Wildman–Crippen MR) is 72.9 cm³/mol. The summed E-state index contributed by atoms with van der Waals surface area (Å²) in [6, 6.07) is 8.53. The van der Waals surface area contributed by atoms with Crippen LogP contribution in [0.1, 0.15) is 30.4 Å². The number of rotatable bonds is 2. The zero-order valence-electron chi connectivity index (χ0n) is 9.91. The molecule has 0 unspecified atom stereocenters. The van der Waals surface area contributed by atoms with E-state index in [-0.39, 0.29) is 0 Å². The zero-order chi connectivity index (χ0) is 11.4. The highest BCUT2D eigenvalue weighted by Gasteiger charge is 2.13. The minimum atomic E-state index is 0.933. The average Bonchev–Trinajstić information content (AvgIpc) is 2.33. The van der Waals surface area contributed by atoms with Gasteiger partial charge in [0.1, 0.15) is 0 Å². The highest BCUT2D eigenvalue weighted by molar-refractivity contribution is 7.80. The lowest BCUT2D eigenvalue weighted by Crippen LogP contribution is -2.35. The van der Waals surface area contributed by atoms with Gasteiger partial charge in [-0.3, -0.25) is 0 Å². The molecule has 1 aliphatic rings.